The molecule has 0 radical (unpaired) electrons. The summed E-state index contributed by atoms with van der Waals surface area (Å²) >= 11 is 0. The summed E-state index contributed by atoms with van der Waals surface area (Å²) in [6, 6.07) is 0. The summed E-state index contributed by atoms with van der Waals surface area (Å²) in [5.74, 6) is 0. The Morgan fingerprint density at radius 2 is 1.80 bits per heavy atom. The van der Waals surface area contributed by atoms with Crippen LogP contribution in [0.5, 0.6) is 0 Å². The molecule has 1 aliphatic rings. The quantitative estimate of drug-likeness (QED) is 0.585. The van der Waals surface area contributed by atoms with Gasteiger partial charge in [-0.05, 0) is 0 Å². The van der Waals surface area contributed by atoms with Crippen molar-refractivity contribution >= 4 is 24.8 Å². The van der Waals surface area contributed by atoms with Gasteiger partial charge in [-0.15, -0.1) is 24.8 Å². The predicted octanol–water partition coefficient (Wildman–Crippen LogP) is 2.93. The first-order chi connectivity index (χ1) is 3.29. The van der Waals surface area contributed by atoms with Gasteiger partial charge < -0.3 is 0 Å². The first-order valence-corrected chi connectivity index (χ1v) is 2.55. The van der Waals surface area contributed by atoms with Crippen LogP contribution in [0.1, 0.15) is 20.3 Å². The molecule has 1 aliphatic carbocycles. The van der Waals surface area contributed by atoms with E-state index in [0.29, 0.717) is 0 Å². The Morgan fingerprint density at radius 3 is 1.90 bits per heavy atom. The maximum atomic E-state index is 3.19. The third-order valence-electron chi connectivity index (χ3n) is 1.12. The van der Waals surface area contributed by atoms with Gasteiger partial charge in [0.05, 0.1) is 0 Å². The van der Waals surface area contributed by atoms with E-state index in [-0.39, 0.29) is 51.0 Å². The second kappa shape index (κ2) is 8.04. The van der Waals surface area contributed by atoms with Gasteiger partial charge in [0.15, 0.2) is 0 Å². The number of allylic oxidation sites excluding steroid dienone is 4. The van der Waals surface area contributed by atoms with Crippen LogP contribution in [0, 0.1) is 6.08 Å². The molecule has 0 nitrogen and oxygen atoms in total. The molecule has 10 heavy (non-hydrogen) atoms. The summed E-state index contributed by atoms with van der Waals surface area (Å²) in [4.78, 5) is 0. The Hall–Kier alpha value is 0.943. The van der Waals surface area contributed by atoms with Crippen molar-refractivity contribution in [3.8, 4) is 0 Å². The average molecular weight is 257 g/mol. The molecule has 0 amide bonds. The van der Waals surface area contributed by atoms with Crippen LogP contribution >= 0.6 is 24.8 Å². The smallest absolute Gasteiger partial charge is 0 e. The average Bonchev–Trinajstić information content (AvgIpc) is 1.87. The van der Waals surface area contributed by atoms with Gasteiger partial charge in [0, 0.05) is 26.2 Å². The summed E-state index contributed by atoms with van der Waals surface area (Å²) in [6.07, 6.45) is 6.50. The molecule has 0 aliphatic heterocycles. The number of hydrogen-bond donors (Lipinski definition) is 0. The molecule has 3 heteroatoms. The molecule has 0 fully saturated rings. The molecular formula is C7H11Cl2Zr-. The fourth-order valence-corrected chi connectivity index (χ4v) is 0.745. The van der Waals surface area contributed by atoms with Crippen molar-refractivity contribution in [2.75, 3.05) is 0 Å². The molecule has 0 heterocycles. The number of halogens is 2. The Kier molecular flexibility index (Phi) is 13.8. The van der Waals surface area contributed by atoms with Crippen LogP contribution in [-0.2, 0) is 26.2 Å². The Labute approximate surface area is 94.1 Å². The molecule has 0 unspecified atom stereocenters. The third-order valence-corrected chi connectivity index (χ3v) is 1.12. The summed E-state index contributed by atoms with van der Waals surface area (Å²) in [7, 11) is 0. The first kappa shape index (κ1) is 17.1. The van der Waals surface area contributed by atoms with Gasteiger partial charge in [0.25, 0.3) is 0 Å². The van der Waals surface area contributed by atoms with Crippen LogP contribution in [0.4, 0.5) is 0 Å². The SMILES string of the molecule is CC1=[C-]C(C)=CC1.Cl.Cl.[Zr]. The van der Waals surface area contributed by atoms with E-state index in [1.165, 1.54) is 11.1 Å². The van der Waals surface area contributed by atoms with E-state index in [4.69, 9.17) is 0 Å². The first-order valence-electron chi connectivity index (χ1n) is 2.55. The van der Waals surface area contributed by atoms with E-state index < -0.39 is 0 Å². The predicted molar refractivity (Wildman–Crippen MR) is 45.3 cm³/mol. The standard InChI is InChI=1S/C7H9.2ClH.Zr/c1-6-3-4-7(2)5-6;;;/h3H,4H2,1-2H3;2*1H;/q-1;;;. The van der Waals surface area contributed by atoms with Gasteiger partial charge in [-0.3, -0.25) is 6.08 Å². The molecule has 0 spiro atoms. The minimum atomic E-state index is 0. The Balaban J connectivity index is -0.000000163. The van der Waals surface area contributed by atoms with Crippen molar-refractivity contribution in [3.63, 3.8) is 0 Å². The van der Waals surface area contributed by atoms with Crippen molar-refractivity contribution in [1.29, 1.82) is 0 Å². The minimum Gasteiger partial charge on any atom is -0.250 e. The zero-order chi connectivity index (χ0) is 5.28. The Bertz CT molecular complexity index is 139. The van der Waals surface area contributed by atoms with Gasteiger partial charge in [-0.25, -0.2) is 11.6 Å². The van der Waals surface area contributed by atoms with Crippen LogP contribution in [0.15, 0.2) is 17.2 Å². The fourth-order valence-electron chi connectivity index (χ4n) is 0.745. The fraction of sp³-hybridized carbons (Fsp3) is 0.429. The second-order valence-corrected chi connectivity index (χ2v) is 2.00. The largest absolute Gasteiger partial charge is 0.250 e. The van der Waals surface area contributed by atoms with Crippen molar-refractivity contribution in [2.45, 2.75) is 20.3 Å². The van der Waals surface area contributed by atoms with Gasteiger partial charge in [-0.2, -0.15) is 5.57 Å². The van der Waals surface area contributed by atoms with Crippen LogP contribution in [0.25, 0.3) is 0 Å². The van der Waals surface area contributed by atoms with E-state index in [1.54, 1.807) is 0 Å². The molecule has 0 N–H and O–H groups in total. The van der Waals surface area contributed by atoms with Gasteiger partial charge in [0.1, 0.15) is 0 Å². The minimum absolute atomic E-state index is 0. The van der Waals surface area contributed by atoms with E-state index in [1.807, 2.05) is 0 Å². The monoisotopic (exact) mass is 255 g/mol. The molecule has 0 saturated heterocycles. The van der Waals surface area contributed by atoms with E-state index in [0.717, 1.165) is 6.42 Å². The zero-order valence-corrected chi connectivity index (χ0v) is 10.2. The molecule has 0 atom stereocenters. The van der Waals surface area contributed by atoms with Crippen LogP contribution < -0.4 is 0 Å². The molecule has 58 valence electrons. The van der Waals surface area contributed by atoms with E-state index >= 15 is 0 Å². The molecule has 0 aromatic heterocycles. The van der Waals surface area contributed by atoms with Gasteiger partial charge >= 0.3 is 0 Å². The van der Waals surface area contributed by atoms with Crippen molar-refractivity contribution in [2.24, 2.45) is 0 Å². The van der Waals surface area contributed by atoms with Crippen molar-refractivity contribution < 1.29 is 26.2 Å². The maximum absolute atomic E-state index is 3.19. The van der Waals surface area contributed by atoms with E-state index in [9.17, 15) is 0 Å². The van der Waals surface area contributed by atoms with Crippen LogP contribution in [0.3, 0.4) is 0 Å². The summed E-state index contributed by atoms with van der Waals surface area (Å²) in [5, 5.41) is 0. The summed E-state index contributed by atoms with van der Waals surface area (Å²) in [6.45, 7) is 4.18. The molecule has 0 bridgehead atoms. The molecule has 0 saturated carbocycles. The van der Waals surface area contributed by atoms with Crippen LogP contribution in [-0.4, -0.2) is 0 Å². The van der Waals surface area contributed by atoms with E-state index in [2.05, 4.69) is 26.0 Å². The molecule has 0 aromatic carbocycles. The normalized spacial score (nSPS) is 13.4. The molecule has 0 aromatic rings. The number of hydrogen-bond acceptors (Lipinski definition) is 0. The topological polar surface area (TPSA) is 0 Å². The summed E-state index contributed by atoms with van der Waals surface area (Å²) in [5.41, 5.74) is 2.65. The molecule has 1 rings (SSSR count). The van der Waals surface area contributed by atoms with Crippen molar-refractivity contribution in [1.82, 2.24) is 0 Å². The van der Waals surface area contributed by atoms with Crippen molar-refractivity contribution in [3.05, 3.63) is 23.3 Å². The summed E-state index contributed by atoms with van der Waals surface area (Å²) < 4.78 is 0. The molecular weight excluding hydrogens is 246 g/mol. The second-order valence-electron chi connectivity index (χ2n) is 2.00. The Morgan fingerprint density at radius 1 is 1.30 bits per heavy atom. The van der Waals surface area contributed by atoms with Gasteiger partial charge in [0.2, 0.25) is 0 Å². The van der Waals surface area contributed by atoms with Gasteiger partial charge in [-0.1, -0.05) is 20.3 Å². The zero-order valence-electron chi connectivity index (χ0n) is 6.10. The third kappa shape index (κ3) is 5.71. The number of rotatable bonds is 0. The van der Waals surface area contributed by atoms with Crippen LogP contribution in [0.2, 0.25) is 0 Å². The maximum Gasteiger partial charge on any atom is 0 e.